The lowest BCUT2D eigenvalue weighted by Crippen LogP contribution is -2.62. The Kier molecular flexibility index (Phi) is 10.5. The van der Waals surface area contributed by atoms with Gasteiger partial charge in [-0.1, -0.05) is 34.6 Å². The van der Waals surface area contributed by atoms with Crippen LogP contribution in [0.2, 0.25) is 0 Å². The van der Waals surface area contributed by atoms with Crippen LogP contribution in [0.25, 0.3) is 0 Å². The fourth-order valence-electron chi connectivity index (χ4n) is 15.1. The number of fused-ring (bicyclic) bond motifs is 2. The number of hydrogen-bond donors (Lipinski definition) is 9. The minimum Gasteiger partial charge on any atom is -0.394 e. The third-order valence-corrected chi connectivity index (χ3v) is 18.2. The van der Waals surface area contributed by atoms with E-state index >= 15 is 0 Å². The monoisotopic (exact) mass is 798 g/mol. The average molecular weight is 799 g/mol. The molecule has 0 aromatic rings. The van der Waals surface area contributed by atoms with Crippen LogP contribution in [0.15, 0.2) is 0 Å². The molecule has 3 heterocycles. The Morgan fingerprint density at radius 3 is 1.73 bits per heavy atom. The summed E-state index contributed by atoms with van der Waals surface area (Å²) in [4.78, 5) is 0. The average Bonchev–Trinajstić information content (AvgIpc) is 3.63. The van der Waals surface area contributed by atoms with E-state index in [9.17, 15) is 46.0 Å². The first-order valence-corrected chi connectivity index (χ1v) is 21.4. The second-order valence-electron chi connectivity index (χ2n) is 21.2. The third-order valence-electron chi connectivity index (χ3n) is 18.2. The number of ether oxygens (including phenoxy) is 5. The van der Waals surface area contributed by atoms with Crippen LogP contribution in [-0.2, 0) is 23.7 Å². The minimum absolute atomic E-state index is 0.00741. The van der Waals surface area contributed by atoms with E-state index in [1.165, 1.54) is 6.42 Å². The van der Waals surface area contributed by atoms with E-state index in [-0.39, 0.29) is 51.1 Å². The van der Waals surface area contributed by atoms with Gasteiger partial charge in [-0.25, -0.2) is 0 Å². The number of aliphatic hydroxyl groups is 9. The Bertz CT molecular complexity index is 1460. The molecule has 8 rings (SSSR count). The van der Waals surface area contributed by atoms with Crippen LogP contribution in [0.1, 0.15) is 106 Å². The van der Waals surface area contributed by atoms with Crippen LogP contribution in [0.3, 0.4) is 0 Å². The molecule has 0 aromatic heterocycles. The number of aliphatic hydroxyl groups excluding tert-OH is 9. The molecule has 22 atom stereocenters. The Labute approximate surface area is 330 Å². The molecule has 5 saturated carbocycles. The lowest BCUT2D eigenvalue weighted by Gasteiger charge is -2.63. The van der Waals surface area contributed by atoms with Crippen LogP contribution >= 0.6 is 0 Å². The molecule has 0 radical (unpaired) electrons. The molecule has 22 unspecified atom stereocenters. The summed E-state index contributed by atoms with van der Waals surface area (Å²) in [6, 6.07) is 0. The summed E-state index contributed by atoms with van der Waals surface area (Å²) in [6.07, 6.45) is -6.39. The van der Waals surface area contributed by atoms with E-state index in [1.54, 1.807) is 0 Å². The first-order chi connectivity index (χ1) is 26.1. The zero-order valence-electron chi connectivity index (χ0n) is 34.2. The summed E-state index contributed by atoms with van der Waals surface area (Å²) in [5.74, 6) is 0.826. The normalized spacial score (nSPS) is 57.8. The number of hydrogen-bond acceptors (Lipinski definition) is 14. The predicted octanol–water partition coefficient (Wildman–Crippen LogP) is 0.970. The zero-order valence-corrected chi connectivity index (χ0v) is 34.2. The van der Waals surface area contributed by atoms with Gasteiger partial charge in [0.05, 0.1) is 43.2 Å². The van der Waals surface area contributed by atoms with Gasteiger partial charge in [-0.15, -0.1) is 0 Å². The van der Waals surface area contributed by atoms with E-state index in [0.29, 0.717) is 18.3 Å². The molecule has 56 heavy (non-hydrogen) atoms. The maximum atomic E-state index is 12.2. The van der Waals surface area contributed by atoms with Crippen LogP contribution in [0.4, 0.5) is 0 Å². The second-order valence-corrected chi connectivity index (χ2v) is 21.2. The van der Waals surface area contributed by atoms with Gasteiger partial charge in [0.25, 0.3) is 0 Å². The molecule has 3 aliphatic heterocycles. The lowest BCUT2D eigenvalue weighted by molar-refractivity contribution is -0.326. The summed E-state index contributed by atoms with van der Waals surface area (Å²) in [5, 5.41) is 94.5. The maximum absolute atomic E-state index is 12.2. The summed E-state index contributed by atoms with van der Waals surface area (Å²) in [7, 11) is 0. The zero-order chi connectivity index (χ0) is 40.7. The van der Waals surface area contributed by atoms with Gasteiger partial charge in [0, 0.05) is 6.42 Å². The maximum Gasteiger partial charge on any atom is 0.187 e. The van der Waals surface area contributed by atoms with E-state index < -0.39 is 92.4 Å². The highest BCUT2D eigenvalue weighted by Crippen LogP contribution is 2.89. The molecule has 322 valence electrons. The molecular weight excluding hydrogens is 728 g/mol. The summed E-state index contributed by atoms with van der Waals surface area (Å²) in [5.41, 5.74) is -0.891. The van der Waals surface area contributed by atoms with Gasteiger partial charge in [-0.05, 0) is 116 Å². The van der Waals surface area contributed by atoms with Gasteiger partial charge in [0.15, 0.2) is 12.6 Å². The van der Waals surface area contributed by atoms with E-state index in [4.69, 9.17) is 23.7 Å². The van der Waals surface area contributed by atoms with Crippen molar-refractivity contribution in [3.05, 3.63) is 0 Å². The summed E-state index contributed by atoms with van der Waals surface area (Å²) in [6.45, 7) is 14.4. The molecular formula is C42H70O14. The molecule has 8 aliphatic rings. The van der Waals surface area contributed by atoms with Crippen molar-refractivity contribution in [2.24, 2.45) is 50.7 Å². The molecule has 0 amide bonds. The van der Waals surface area contributed by atoms with Crippen molar-refractivity contribution in [2.45, 2.75) is 198 Å². The fourth-order valence-corrected chi connectivity index (χ4v) is 15.1. The molecule has 14 heteroatoms. The van der Waals surface area contributed by atoms with Crippen molar-refractivity contribution in [1.82, 2.24) is 0 Å². The van der Waals surface area contributed by atoms with Gasteiger partial charge in [-0.3, -0.25) is 0 Å². The van der Waals surface area contributed by atoms with Crippen LogP contribution in [0, 0.1) is 50.7 Å². The van der Waals surface area contributed by atoms with Crippen molar-refractivity contribution < 1.29 is 69.6 Å². The van der Waals surface area contributed by atoms with Crippen molar-refractivity contribution >= 4 is 0 Å². The minimum atomic E-state index is -1.53. The Morgan fingerprint density at radius 1 is 0.625 bits per heavy atom. The van der Waals surface area contributed by atoms with E-state index in [1.807, 2.05) is 13.8 Å². The largest absolute Gasteiger partial charge is 0.394 e. The van der Waals surface area contributed by atoms with Crippen molar-refractivity contribution in [3.8, 4) is 0 Å². The topological polar surface area (TPSA) is 228 Å². The standard InChI is InChI=1S/C42H70O14/c1-19(21-14-27(38(4,5)56-21)55-36-34(51)32(49)30(47)23(17-44)53-36)28-20(45)15-40(7)25-9-8-24-37(2,3)26(54-35-33(50)31(48)29(46)22(16-43)52-35)10-11-41(24)18-42(25,41)13-12-39(28,40)6/h19-36,43-51H,8-18H2,1-7H3. The molecule has 9 N–H and O–H groups in total. The first kappa shape index (κ1) is 42.1. The van der Waals surface area contributed by atoms with E-state index in [2.05, 4.69) is 34.6 Å². The first-order valence-electron chi connectivity index (χ1n) is 21.4. The van der Waals surface area contributed by atoms with Crippen molar-refractivity contribution in [3.63, 3.8) is 0 Å². The van der Waals surface area contributed by atoms with Crippen LogP contribution in [-0.4, -0.2) is 151 Å². The number of rotatable bonds is 8. The highest BCUT2D eigenvalue weighted by Gasteiger charge is 2.83. The quantitative estimate of drug-likeness (QED) is 0.156. The molecule has 3 saturated heterocycles. The lowest BCUT2D eigenvalue weighted by atomic mass is 9.41. The smallest absolute Gasteiger partial charge is 0.187 e. The second kappa shape index (κ2) is 14.0. The Hall–Kier alpha value is -0.560. The van der Waals surface area contributed by atoms with E-state index in [0.717, 1.165) is 44.9 Å². The summed E-state index contributed by atoms with van der Waals surface area (Å²) < 4.78 is 31.0. The SMILES string of the molecule is CC(C1CC(OC2OC(CO)C(O)C(O)C2O)C(C)(C)O1)C1C(O)CC2(C)C3CCC4C(C)(C)C(OC5OC(CO)C(O)C(O)C5O)CCC45CC35CCC12C. The van der Waals surface area contributed by atoms with Crippen molar-refractivity contribution in [1.29, 1.82) is 0 Å². The molecule has 14 nitrogen and oxygen atoms in total. The van der Waals surface area contributed by atoms with Gasteiger partial charge in [0.1, 0.15) is 48.8 Å². The predicted molar refractivity (Wildman–Crippen MR) is 198 cm³/mol. The molecule has 5 aliphatic carbocycles. The molecule has 2 spiro atoms. The van der Waals surface area contributed by atoms with Gasteiger partial charge in [0.2, 0.25) is 0 Å². The third kappa shape index (κ3) is 5.78. The molecule has 8 fully saturated rings. The van der Waals surface area contributed by atoms with Crippen LogP contribution < -0.4 is 0 Å². The van der Waals surface area contributed by atoms with Gasteiger partial charge >= 0.3 is 0 Å². The molecule has 0 bridgehead atoms. The Balaban J connectivity index is 0.972. The highest BCUT2D eigenvalue weighted by atomic mass is 16.7. The summed E-state index contributed by atoms with van der Waals surface area (Å²) >= 11 is 0. The van der Waals surface area contributed by atoms with Crippen LogP contribution in [0.5, 0.6) is 0 Å². The fraction of sp³-hybridized carbons (Fsp3) is 1.00. The highest BCUT2D eigenvalue weighted by molar-refractivity contribution is 5.31. The van der Waals surface area contributed by atoms with Gasteiger partial charge in [-0.2, -0.15) is 0 Å². The van der Waals surface area contributed by atoms with Crippen molar-refractivity contribution in [2.75, 3.05) is 13.2 Å². The molecule has 0 aromatic carbocycles. The van der Waals surface area contributed by atoms with Gasteiger partial charge < -0.3 is 69.6 Å². The Morgan fingerprint density at radius 2 is 1.16 bits per heavy atom.